The highest BCUT2D eigenvalue weighted by molar-refractivity contribution is 7.00. The standard InChI is InChI=1S/C67H70BN3Si/c1-64(2,3)49-25-20-26-52(40-49)70-60-41-50(65(4,5)6)30-34-56(60)68-57-39-48(46-23-16-13-17-24-46)29-35-59(57)69(51-31-27-47(28-32-51)45-21-14-12-15-22-45)61-42-53(43-62(70)63(61)68)71-58-36-33-54(72(9,10)11)44-55(58)66(7)37-18-19-38-67(66,71)8/h12-17,20-36,39-44H,18-19,37-38H2,1-11H3. The molecule has 360 valence electrons. The van der Waals surface area contributed by atoms with E-state index in [1.807, 2.05) is 0 Å². The highest BCUT2D eigenvalue weighted by Gasteiger charge is 2.58. The summed E-state index contributed by atoms with van der Waals surface area (Å²) < 4.78 is 0. The Morgan fingerprint density at radius 2 is 1.03 bits per heavy atom. The van der Waals surface area contributed by atoms with Crippen molar-refractivity contribution in [2.45, 2.75) is 122 Å². The summed E-state index contributed by atoms with van der Waals surface area (Å²) in [6.07, 6.45) is 4.81. The van der Waals surface area contributed by atoms with Gasteiger partial charge >= 0.3 is 0 Å². The van der Waals surface area contributed by atoms with Crippen LogP contribution in [0.1, 0.15) is 97.8 Å². The van der Waals surface area contributed by atoms with Gasteiger partial charge in [0.25, 0.3) is 6.71 Å². The van der Waals surface area contributed by atoms with Crippen molar-refractivity contribution in [2.24, 2.45) is 0 Å². The Hall–Kier alpha value is -6.56. The lowest BCUT2D eigenvalue weighted by molar-refractivity contribution is 0.195. The van der Waals surface area contributed by atoms with Gasteiger partial charge in [-0.25, -0.2) is 0 Å². The van der Waals surface area contributed by atoms with E-state index in [1.54, 1.807) is 5.19 Å². The molecule has 0 saturated heterocycles. The molecule has 0 amide bonds. The van der Waals surface area contributed by atoms with E-state index in [2.05, 4.69) is 266 Å². The van der Waals surface area contributed by atoms with Crippen LogP contribution < -0.4 is 36.3 Å². The molecule has 8 aromatic carbocycles. The minimum absolute atomic E-state index is 0.00571. The van der Waals surface area contributed by atoms with Crippen molar-refractivity contribution < 1.29 is 0 Å². The summed E-state index contributed by atoms with van der Waals surface area (Å²) in [6, 6.07) is 68.1. The zero-order chi connectivity index (χ0) is 50.1. The number of fused-ring (bicyclic) bond motifs is 7. The molecular weight excluding hydrogens is 886 g/mol. The molecule has 3 aliphatic heterocycles. The Morgan fingerprint density at radius 1 is 0.444 bits per heavy atom. The van der Waals surface area contributed by atoms with Gasteiger partial charge in [0.15, 0.2) is 0 Å². The topological polar surface area (TPSA) is 9.72 Å². The Balaban J connectivity index is 1.20. The molecule has 0 N–H and O–H groups in total. The third-order valence-corrected chi connectivity index (χ3v) is 19.5. The highest BCUT2D eigenvalue weighted by atomic mass is 28.3. The fraction of sp³-hybridized carbons (Fsp3) is 0.284. The maximum Gasteiger partial charge on any atom is 0.252 e. The first-order valence-corrected chi connectivity index (χ1v) is 30.2. The third kappa shape index (κ3) is 7.27. The molecule has 0 bridgehead atoms. The van der Waals surface area contributed by atoms with E-state index in [9.17, 15) is 0 Å². The van der Waals surface area contributed by atoms with Crippen LogP contribution in [-0.2, 0) is 16.2 Å². The summed E-state index contributed by atoms with van der Waals surface area (Å²) in [4.78, 5) is 8.11. The molecule has 3 heterocycles. The lowest BCUT2D eigenvalue weighted by Gasteiger charge is -2.51. The molecule has 0 spiro atoms. The molecule has 1 aliphatic carbocycles. The number of rotatable bonds is 6. The van der Waals surface area contributed by atoms with Crippen molar-refractivity contribution >= 4 is 81.9 Å². The summed E-state index contributed by atoms with van der Waals surface area (Å²) in [5.41, 5.74) is 22.9. The van der Waals surface area contributed by atoms with Gasteiger partial charge in [0.2, 0.25) is 0 Å². The van der Waals surface area contributed by atoms with Crippen molar-refractivity contribution in [2.75, 3.05) is 14.7 Å². The summed E-state index contributed by atoms with van der Waals surface area (Å²) >= 11 is 0. The second-order valence-electron chi connectivity index (χ2n) is 25.0. The zero-order valence-corrected chi connectivity index (χ0v) is 45.5. The Bertz CT molecular complexity index is 3410. The molecule has 0 aromatic heterocycles. The number of nitrogens with zero attached hydrogens (tertiary/aromatic N) is 3. The Kier molecular flexibility index (Phi) is 10.6. The van der Waals surface area contributed by atoms with Gasteiger partial charge in [-0.2, -0.15) is 0 Å². The maximum absolute atomic E-state index is 2.83. The molecule has 5 heteroatoms. The van der Waals surface area contributed by atoms with Crippen LogP contribution in [0.4, 0.5) is 45.5 Å². The summed E-state index contributed by atoms with van der Waals surface area (Å²) in [7, 11) is -1.61. The zero-order valence-electron chi connectivity index (χ0n) is 44.5. The van der Waals surface area contributed by atoms with Crippen molar-refractivity contribution in [3.63, 3.8) is 0 Å². The van der Waals surface area contributed by atoms with Gasteiger partial charge in [0.1, 0.15) is 0 Å². The monoisotopic (exact) mass is 956 g/mol. The van der Waals surface area contributed by atoms with Crippen molar-refractivity contribution in [1.29, 1.82) is 0 Å². The predicted octanol–water partition coefficient (Wildman–Crippen LogP) is 16.0. The molecule has 2 atom stereocenters. The van der Waals surface area contributed by atoms with Crippen LogP contribution in [0.3, 0.4) is 0 Å². The number of benzene rings is 8. The molecule has 0 radical (unpaired) electrons. The average molecular weight is 956 g/mol. The van der Waals surface area contributed by atoms with E-state index in [1.165, 1.54) is 114 Å². The summed E-state index contributed by atoms with van der Waals surface area (Å²) in [5.74, 6) is 0. The van der Waals surface area contributed by atoms with Crippen LogP contribution in [0.25, 0.3) is 22.3 Å². The van der Waals surface area contributed by atoms with E-state index >= 15 is 0 Å². The van der Waals surface area contributed by atoms with Crippen LogP contribution in [-0.4, -0.2) is 20.3 Å². The maximum atomic E-state index is 2.83. The normalized spacial score (nSPS) is 19.1. The van der Waals surface area contributed by atoms with Crippen molar-refractivity contribution in [3.05, 3.63) is 193 Å². The first-order valence-electron chi connectivity index (χ1n) is 26.7. The van der Waals surface area contributed by atoms with Gasteiger partial charge in [-0.3, -0.25) is 0 Å². The minimum atomic E-state index is -1.61. The SMILES string of the molecule is CC(C)(C)c1cccc(N2c3cc(C(C)(C)C)ccc3B3c4cc(-c5ccccc5)ccc4N(c4ccc(-c5ccccc5)cc4)c4cc(N5c6ccc([Si](C)(C)C)cc6C6(C)CCCCC56C)cc2c43)c1. The van der Waals surface area contributed by atoms with Crippen molar-refractivity contribution in [3.8, 4) is 22.3 Å². The summed E-state index contributed by atoms with van der Waals surface area (Å²) in [5, 5.41) is 1.55. The molecule has 12 rings (SSSR count). The van der Waals surface area contributed by atoms with Crippen LogP contribution in [0.5, 0.6) is 0 Å². The molecule has 8 aromatic rings. The fourth-order valence-corrected chi connectivity index (χ4v) is 14.3. The number of anilines is 8. The molecule has 2 unspecified atom stereocenters. The molecule has 72 heavy (non-hydrogen) atoms. The van der Waals surface area contributed by atoms with Gasteiger partial charge in [-0.1, -0.05) is 207 Å². The van der Waals surface area contributed by atoms with E-state index < -0.39 is 8.07 Å². The summed E-state index contributed by atoms with van der Waals surface area (Å²) in [6.45, 7) is 26.8. The fourth-order valence-electron chi connectivity index (χ4n) is 13.1. The quantitative estimate of drug-likeness (QED) is 0.154. The highest BCUT2D eigenvalue weighted by Crippen LogP contribution is 2.62. The second-order valence-corrected chi connectivity index (χ2v) is 30.1. The molecule has 1 saturated carbocycles. The van der Waals surface area contributed by atoms with E-state index in [0.29, 0.717) is 0 Å². The number of hydrogen-bond acceptors (Lipinski definition) is 3. The van der Waals surface area contributed by atoms with Crippen LogP contribution in [0.2, 0.25) is 19.6 Å². The number of hydrogen-bond donors (Lipinski definition) is 0. The first kappa shape index (κ1) is 46.5. The predicted molar refractivity (Wildman–Crippen MR) is 315 cm³/mol. The van der Waals surface area contributed by atoms with Crippen LogP contribution in [0.15, 0.2) is 176 Å². The van der Waals surface area contributed by atoms with Gasteiger partial charge in [0.05, 0.1) is 13.6 Å². The van der Waals surface area contributed by atoms with Gasteiger partial charge in [0, 0.05) is 50.9 Å². The minimum Gasteiger partial charge on any atom is -0.334 e. The van der Waals surface area contributed by atoms with Gasteiger partial charge in [-0.15, -0.1) is 0 Å². The lowest BCUT2D eigenvalue weighted by Crippen LogP contribution is -2.61. The van der Waals surface area contributed by atoms with E-state index in [0.717, 1.165) is 12.1 Å². The van der Waals surface area contributed by atoms with Crippen LogP contribution >= 0.6 is 0 Å². The first-order chi connectivity index (χ1) is 34.3. The largest absolute Gasteiger partial charge is 0.334 e. The molecule has 4 aliphatic rings. The molecule has 1 fully saturated rings. The smallest absolute Gasteiger partial charge is 0.252 e. The van der Waals surface area contributed by atoms with Gasteiger partial charge < -0.3 is 14.7 Å². The third-order valence-electron chi connectivity index (χ3n) is 17.5. The van der Waals surface area contributed by atoms with E-state index in [-0.39, 0.29) is 28.5 Å². The van der Waals surface area contributed by atoms with E-state index in [4.69, 9.17) is 0 Å². The average Bonchev–Trinajstić information content (AvgIpc) is 3.58. The van der Waals surface area contributed by atoms with Gasteiger partial charge in [-0.05, 0) is 141 Å². The molecule has 3 nitrogen and oxygen atoms in total. The lowest BCUT2D eigenvalue weighted by atomic mass is 9.33. The second kappa shape index (κ2) is 16.5. The molecular formula is C67H70BN3Si. The Morgan fingerprint density at radius 3 is 1.68 bits per heavy atom. The van der Waals surface area contributed by atoms with Crippen molar-refractivity contribution in [1.82, 2.24) is 0 Å². The Labute approximate surface area is 431 Å². The van der Waals surface area contributed by atoms with Crippen LogP contribution in [0, 0.1) is 0 Å².